The second-order valence-corrected chi connectivity index (χ2v) is 4.52. The van der Waals surface area contributed by atoms with Gasteiger partial charge in [0, 0.05) is 0 Å². The van der Waals surface area contributed by atoms with E-state index in [9.17, 15) is 0 Å². The van der Waals surface area contributed by atoms with Gasteiger partial charge in [0.05, 0.1) is 17.6 Å². The average molecular weight is 273 g/mol. The van der Waals surface area contributed by atoms with Crippen molar-refractivity contribution >= 4 is 22.6 Å². The third-order valence-corrected chi connectivity index (χ3v) is 3.22. The molecule has 0 saturated carbocycles. The number of benzene rings is 2. The number of ether oxygens (including phenoxy) is 1. The Morgan fingerprint density at radius 1 is 1.00 bits per heavy atom. The SMILES string of the molecule is Clc1nc2ccccc2n1CCOc1ccccc1. The molecule has 0 N–H and O–H groups in total. The Morgan fingerprint density at radius 2 is 1.74 bits per heavy atom. The van der Waals surface area contributed by atoms with Crippen molar-refractivity contribution < 1.29 is 4.74 Å². The number of aromatic nitrogens is 2. The maximum Gasteiger partial charge on any atom is 0.203 e. The largest absolute Gasteiger partial charge is 0.492 e. The van der Waals surface area contributed by atoms with E-state index in [-0.39, 0.29) is 0 Å². The van der Waals surface area contributed by atoms with Crippen LogP contribution in [0.2, 0.25) is 5.28 Å². The van der Waals surface area contributed by atoms with Gasteiger partial charge in [0.1, 0.15) is 12.4 Å². The van der Waals surface area contributed by atoms with Crippen LogP contribution < -0.4 is 4.74 Å². The fraction of sp³-hybridized carbons (Fsp3) is 0.133. The zero-order valence-electron chi connectivity index (χ0n) is 10.3. The third kappa shape index (κ3) is 2.56. The van der Waals surface area contributed by atoms with Crippen LogP contribution in [0.1, 0.15) is 0 Å². The van der Waals surface area contributed by atoms with Crippen LogP contribution in [0.25, 0.3) is 11.0 Å². The van der Waals surface area contributed by atoms with E-state index < -0.39 is 0 Å². The molecule has 0 aliphatic rings. The molecule has 4 heteroatoms. The second-order valence-electron chi connectivity index (χ2n) is 4.18. The van der Waals surface area contributed by atoms with Gasteiger partial charge in [-0.05, 0) is 35.9 Å². The molecule has 2 aromatic carbocycles. The van der Waals surface area contributed by atoms with Crippen molar-refractivity contribution in [3.05, 3.63) is 59.9 Å². The monoisotopic (exact) mass is 272 g/mol. The molecule has 0 atom stereocenters. The fourth-order valence-electron chi connectivity index (χ4n) is 2.03. The molecular formula is C15H13ClN2O. The number of para-hydroxylation sites is 3. The average Bonchev–Trinajstić information content (AvgIpc) is 2.76. The second kappa shape index (κ2) is 5.33. The molecule has 1 heterocycles. The van der Waals surface area contributed by atoms with Crippen LogP contribution in [0.3, 0.4) is 0 Å². The van der Waals surface area contributed by atoms with Crippen molar-refractivity contribution in [2.45, 2.75) is 6.54 Å². The molecule has 1 aromatic heterocycles. The smallest absolute Gasteiger partial charge is 0.203 e. The fourth-order valence-corrected chi connectivity index (χ4v) is 2.30. The van der Waals surface area contributed by atoms with Gasteiger partial charge in [-0.3, -0.25) is 0 Å². The number of nitrogens with zero attached hydrogens (tertiary/aromatic N) is 2. The standard InChI is InChI=1S/C15H13ClN2O/c16-15-17-13-8-4-5-9-14(13)18(15)10-11-19-12-6-2-1-3-7-12/h1-9H,10-11H2. The van der Waals surface area contributed by atoms with Crippen LogP contribution in [0.4, 0.5) is 0 Å². The van der Waals surface area contributed by atoms with Crippen LogP contribution in [0.15, 0.2) is 54.6 Å². The summed E-state index contributed by atoms with van der Waals surface area (Å²) in [5.41, 5.74) is 1.94. The Labute approximate surface area is 116 Å². The van der Waals surface area contributed by atoms with Gasteiger partial charge < -0.3 is 9.30 Å². The van der Waals surface area contributed by atoms with Crippen LogP contribution in [0.5, 0.6) is 5.75 Å². The highest BCUT2D eigenvalue weighted by Gasteiger charge is 2.07. The summed E-state index contributed by atoms with van der Waals surface area (Å²) in [6, 6.07) is 17.6. The molecule has 0 amide bonds. The Hall–Kier alpha value is -2.00. The normalized spacial score (nSPS) is 10.8. The molecular weight excluding hydrogens is 260 g/mol. The molecule has 96 valence electrons. The minimum Gasteiger partial charge on any atom is -0.492 e. The minimum absolute atomic E-state index is 0.498. The van der Waals surface area contributed by atoms with Gasteiger partial charge in [-0.2, -0.15) is 0 Å². The first-order valence-corrected chi connectivity index (χ1v) is 6.51. The first-order valence-electron chi connectivity index (χ1n) is 6.13. The van der Waals surface area contributed by atoms with Gasteiger partial charge in [-0.1, -0.05) is 30.3 Å². The first kappa shape index (κ1) is 12.1. The van der Waals surface area contributed by atoms with E-state index in [2.05, 4.69) is 4.98 Å². The van der Waals surface area contributed by atoms with Crippen LogP contribution >= 0.6 is 11.6 Å². The van der Waals surface area contributed by atoms with E-state index in [1.807, 2.05) is 59.2 Å². The molecule has 0 saturated heterocycles. The van der Waals surface area contributed by atoms with Gasteiger partial charge in [0.25, 0.3) is 0 Å². The zero-order chi connectivity index (χ0) is 13.1. The molecule has 0 bridgehead atoms. The lowest BCUT2D eigenvalue weighted by Gasteiger charge is -2.08. The van der Waals surface area contributed by atoms with E-state index in [0.29, 0.717) is 18.4 Å². The molecule has 0 spiro atoms. The number of rotatable bonds is 4. The molecule has 0 radical (unpaired) electrons. The van der Waals surface area contributed by atoms with Crippen molar-refractivity contribution in [1.82, 2.24) is 9.55 Å². The van der Waals surface area contributed by atoms with Crippen molar-refractivity contribution in [3.63, 3.8) is 0 Å². The van der Waals surface area contributed by atoms with Crippen LogP contribution in [0, 0.1) is 0 Å². The molecule has 0 fully saturated rings. The minimum atomic E-state index is 0.498. The van der Waals surface area contributed by atoms with Crippen molar-refractivity contribution in [3.8, 4) is 5.75 Å². The van der Waals surface area contributed by atoms with Crippen LogP contribution in [-0.2, 0) is 6.54 Å². The lowest BCUT2D eigenvalue weighted by molar-refractivity contribution is 0.300. The summed E-state index contributed by atoms with van der Waals surface area (Å²) in [5, 5.41) is 0.498. The van der Waals surface area contributed by atoms with Gasteiger partial charge in [0.15, 0.2) is 0 Å². The number of imidazole rings is 1. The topological polar surface area (TPSA) is 27.1 Å². The Kier molecular flexibility index (Phi) is 3.38. The van der Waals surface area contributed by atoms with Crippen molar-refractivity contribution in [2.24, 2.45) is 0 Å². The quantitative estimate of drug-likeness (QED) is 0.723. The summed E-state index contributed by atoms with van der Waals surface area (Å²) in [6.07, 6.45) is 0. The van der Waals surface area contributed by atoms with Crippen molar-refractivity contribution in [1.29, 1.82) is 0 Å². The van der Waals surface area contributed by atoms with E-state index in [0.717, 1.165) is 16.8 Å². The Morgan fingerprint density at radius 3 is 2.58 bits per heavy atom. The first-order chi connectivity index (χ1) is 9.34. The molecule has 3 aromatic rings. The summed E-state index contributed by atoms with van der Waals surface area (Å²) >= 11 is 6.15. The van der Waals surface area contributed by atoms with Gasteiger partial charge in [-0.25, -0.2) is 4.98 Å². The zero-order valence-corrected chi connectivity index (χ0v) is 11.0. The molecule has 0 aliphatic heterocycles. The lowest BCUT2D eigenvalue weighted by atomic mass is 10.3. The maximum atomic E-state index is 6.15. The van der Waals surface area contributed by atoms with E-state index in [1.54, 1.807) is 0 Å². The highest BCUT2D eigenvalue weighted by Crippen LogP contribution is 2.19. The molecule has 3 nitrogen and oxygen atoms in total. The van der Waals surface area contributed by atoms with E-state index in [1.165, 1.54) is 0 Å². The number of halogens is 1. The number of fused-ring (bicyclic) bond motifs is 1. The van der Waals surface area contributed by atoms with E-state index >= 15 is 0 Å². The predicted molar refractivity (Wildman–Crippen MR) is 76.7 cm³/mol. The van der Waals surface area contributed by atoms with Crippen LogP contribution in [-0.4, -0.2) is 16.2 Å². The number of hydrogen-bond donors (Lipinski definition) is 0. The van der Waals surface area contributed by atoms with Gasteiger partial charge in [-0.15, -0.1) is 0 Å². The summed E-state index contributed by atoms with van der Waals surface area (Å²) in [6.45, 7) is 1.23. The predicted octanol–water partition coefficient (Wildman–Crippen LogP) is 3.77. The molecule has 3 rings (SSSR count). The van der Waals surface area contributed by atoms with Gasteiger partial charge in [0.2, 0.25) is 5.28 Å². The summed E-state index contributed by atoms with van der Waals surface area (Å²) in [4.78, 5) is 4.31. The van der Waals surface area contributed by atoms with Crippen molar-refractivity contribution in [2.75, 3.05) is 6.61 Å². The summed E-state index contributed by atoms with van der Waals surface area (Å²) in [7, 11) is 0. The Balaban J connectivity index is 1.73. The summed E-state index contributed by atoms with van der Waals surface area (Å²) in [5.74, 6) is 0.864. The van der Waals surface area contributed by atoms with Gasteiger partial charge >= 0.3 is 0 Å². The third-order valence-electron chi connectivity index (χ3n) is 2.93. The summed E-state index contributed by atoms with van der Waals surface area (Å²) < 4.78 is 7.63. The highest BCUT2D eigenvalue weighted by molar-refractivity contribution is 6.29. The lowest BCUT2D eigenvalue weighted by Crippen LogP contribution is -2.08. The molecule has 0 unspecified atom stereocenters. The molecule has 0 aliphatic carbocycles. The Bertz CT molecular complexity index is 679. The molecule has 19 heavy (non-hydrogen) atoms. The maximum absolute atomic E-state index is 6.15. The van der Waals surface area contributed by atoms with E-state index in [4.69, 9.17) is 16.3 Å². The number of hydrogen-bond acceptors (Lipinski definition) is 2. The highest BCUT2D eigenvalue weighted by atomic mass is 35.5.